The molecule has 3 saturated heterocycles. The van der Waals surface area contributed by atoms with Crippen LogP contribution < -0.4 is 5.32 Å². The number of likely N-dealkylation sites (tertiary alicyclic amines) is 2. The van der Waals surface area contributed by atoms with Gasteiger partial charge in [-0.05, 0) is 50.7 Å². The molecule has 1 saturated carbocycles. The molecule has 0 bridgehead atoms. The minimum atomic E-state index is 0.162. The summed E-state index contributed by atoms with van der Waals surface area (Å²) < 4.78 is 0. The van der Waals surface area contributed by atoms with E-state index in [-0.39, 0.29) is 11.9 Å². The number of amides is 3. The van der Waals surface area contributed by atoms with E-state index >= 15 is 0 Å². The van der Waals surface area contributed by atoms with E-state index in [1.54, 1.807) is 0 Å². The summed E-state index contributed by atoms with van der Waals surface area (Å²) in [7, 11) is 0. The van der Waals surface area contributed by atoms with Crippen LogP contribution in [0.3, 0.4) is 0 Å². The highest BCUT2D eigenvalue weighted by Crippen LogP contribution is 2.33. The molecular weight excluding hydrogens is 376 g/mol. The number of nitrogens with zero attached hydrogens (tertiary/aromatic N) is 3. The fourth-order valence-corrected chi connectivity index (χ4v) is 6.16. The number of hydrogen-bond acceptors (Lipinski definition) is 3. The maximum Gasteiger partial charge on any atom is 0.318 e. The van der Waals surface area contributed by atoms with Crippen LogP contribution in [0, 0.1) is 0 Å². The number of urea groups is 1. The van der Waals surface area contributed by atoms with Crippen LogP contribution >= 0.6 is 0 Å². The molecule has 3 amide bonds. The highest BCUT2D eigenvalue weighted by atomic mass is 16.2. The Morgan fingerprint density at radius 1 is 0.833 bits per heavy atom. The summed E-state index contributed by atoms with van der Waals surface area (Å²) in [5, 5.41) is 3.24. The van der Waals surface area contributed by atoms with Crippen LogP contribution in [0.2, 0.25) is 0 Å². The lowest BCUT2D eigenvalue weighted by atomic mass is 9.89. The Hall–Kier alpha value is -2.08. The summed E-state index contributed by atoms with van der Waals surface area (Å²) >= 11 is 0. The molecule has 1 aliphatic carbocycles. The number of hydrogen-bond donors (Lipinski definition) is 1. The Kier molecular flexibility index (Phi) is 5.68. The fourth-order valence-electron chi connectivity index (χ4n) is 6.16. The zero-order valence-corrected chi connectivity index (χ0v) is 17.8. The lowest BCUT2D eigenvalue weighted by Gasteiger charge is -2.44. The standard InChI is InChI=1S/C24H34N4O2/c29-23(18-6-2-1-3-7-18)27-16-10-19(11-17-27)26-14-12-20(13-15-26)28-22-9-5-4-8-21(22)25-24(28)30/h1-3,6-7,19-22H,4-5,8-17H2,(H,25,30)/t21-,22-/m0/s1. The Bertz CT molecular complexity index is 754. The fraction of sp³-hybridized carbons (Fsp3) is 0.667. The summed E-state index contributed by atoms with van der Waals surface area (Å²) in [6.45, 7) is 3.83. The van der Waals surface area contributed by atoms with Gasteiger partial charge < -0.3 is 20.0 Å². The van der Waals surface area contributed by atoms with E-state index in [1.165, 1.54) is 12.8 Å². The Balaban J connectivity index is 1.12. The third kappa shape index (κ3) is 3.82. The second-order valence-corrected chi connectivity index (χ2v) is 9.47. The van der Waals surface area contributed by atoms with Gasteiger partial charge in [-0.2, -0.15) is 0 Å². The van der Waals surface area contributed by atoms with Gasteiger partial charge in [0.1, 0.15) is 0 Å². The molecule has 2 atom stereocenters. The third-order valence-electron chi connectivity index (χ3n) is 7.81. The molecule has 1 N–H and O–H groups in total. The first-order chi connectivity index (χ1) is 14.7. The highest BCUT2D eigenvalue weighted by molar-refractivity contribution is 5.94. The van der Waals surface area contributed by atoms with E-state index in [4.69, 9.17) is 0 Å². The SMILES string of the molecule is O=C(c1ccccc1)N1CCC(N2CCC(N3C(=O)N[C@H]4CCCC[C@@H]43)CC2)CC1. The lowest BCUT2D eigenvalue weighted by molar-refractivity contribution is 0.0471. The van der Waals surface area contributed by atoms with Crippen LogP contribution in [0.15, 0.2) is 30.3 Å². The van der Waals surface area contributed by atoms with Crippen LogP contribution in [0.5, 0.6) is 0 Å². The van der Waals surface area contributed by atoms with Crippen LogP contribution in [0.4, 0.5) is 4.79 Å². The molecule has 0 unspecified atom stereocenters. The number of carbonyl (C=O) groups excluding carboxylic acids is 2. The molecule has 6 nitrogen and oxygen atoms in total. The van der Waals surface area contributed by atoms with E-state index in [9.17, 15) is 9.59 Å². The number of piperidine rings is 2. The molecule has 3 aliphatic heterocycles. The van der Waals surface area contributed by atoms with E-state index in [2.05, 4.69) is 15.1 Å². The average molecular weight is 411 g/mol. The van der Waals surface area contributed by atoms with Gasteiger partial charge in [-0.3, -0.25) is 4.79 Å². The first-order valence-electron chi connectivity index (χ1n) is 11.9. The maximum absolute atomic E-state index is 12.7. The minimum Gasteiger partial charge on any atom is -0.339 e. The summed E-state index contributed by atoms with van der Waals surface area (Å²) in [6, 6.07) is 11.6. The molecule has 4 fully saturated rings. The molecular formula is C24H34N4O2. The smallest absolute Gasteiger partial charge is 0.318 e. The second kappa shape index (κ2) is 8.58. The van der Waals surface area contributed by atoms with Crippen molar-refractivity contribution in [3.05, 3.63) is 35.9 Å². The van der Waals surface area contributed by atoms with Gasteiger partial charge in [-0.25, -0.2) is 4.79 Å². The molecule has 5 rings (SSSR count). The highest BCUT2D eigenvalue weighted by Gasteiger charge is 2.44. The van der Waals surface area contributed by atoms with Gasteiger partial charge in [-0.15, -0.1) is 0 Å². The maximum atomic E-state index is 12.7. The van der Waals surface area contributed by atoms with Crippen molar-refractivity contribution in [2.24, 2.45) is 0 Å². The number of nitrogens with one attached hydrogen (secondary N) is 1. The quantitative estimate of drug-likeness (QED) is 0.833. The summed E-state index contributed by atoms with van der Waals surface area (Å²) in [5.74, 6) is 0.162. The predicted octanol–water partition coefficient (Wildman–Crippen LogP) is 3.09. The molecule has 30 heavy (non-hydrogen) atoms. The van der Waals surface area contributed by atoms with Gasteiger partial charge in [-0.1, -0.05) is 31.0 Å². The van der Waals surface area contributed by atoms with Crippen LogP contribution in [-0.2, 0) is 0 Å². The van der Waals surface area contributed by atoms with E-state index in [0.717, 1.165) is 70.3 Å². The van der Waals surface area contributed by atoms with E-state index in [0.29, 0.717) is 24.2 Å². The molecule has 1 aromatic carbocycles. The monoisotopic (exact) mass is 410 g/mol. The predicted molar refractivity (Wildman–Crippen MR) is 116 cm³/mol. The molecule has 1 aromatic rings. The molecule has 0 spiro atoms. The second-order valence-electron chi connectivity index (χ2n) is 9.47. The Morgan fingerprint density at radius 3 is 2.23 bits per heavy atom. The number of benzene rings is 1. The van der Waals surface area contributed by atoms with Gasteiger partial charge in [0.05, 0.1) is 12.1 Å². The molecule has 162 valence electrons. The molecule has 0 radical (unpaired) electrons. The topological polar surface area (TPSA) is 55.9 Å². The molecule has 4 aliphatic rings. The zero-order chi connectivity index (χ0) is 20.5. The molecule has 3 heterocycles. The van der Waals surface area contributed by atoms with Crippen molar-refractivity contribution in [1.29, 1.82) is 0 Å². The largest absolute Gasteiger partial charge is 0.339 e. The van der Waals surface area contributed by atoms with Crippen LogP contribution in [0.1, 0.15) is 61.7 Å². The minimum absolute atomic E-state index is 0.162. The summed E-state index contributed by atoms with van der Waals surface area (Å²) in [4.78, 5) is 32.1. The molecule has 0 aromatic heterocycles. The third-order valence-corrected chi connectivity index (χ3v) is 7.81. The Labute approximate surface area is 179 Å². The number of rotatable bonds is 3. The van der Waals surface area contributed by atoms with Gasteiger partial charge in [0, 0.05) is 43.8 Å². The van der Waals surface area contributed by atoms with Crippen molar-refractivity contribution in [3.8, 4) is 0 Å². The number of carbonyl (C=O) groups is 2. The van der Waals surface area contributed by atoms with Crippen LogP contribution in [-0.4, -0.2) is 77.0 Å². The van der Waals surface area contributed by atoms with Crippen LogP contribution in [0.25, 0.3) is 0 Å². The first kappa shape index (κ1) is 19.9. The summed E-state index contributed by atoms with van der Waals surface area (Å²) in [6.07, 6.45) is 9.09. The van der Waals surface area contributed by atoms with Crippen molar-refractivity contribution in [1.82, 2.24) is 20.0 Å². The van der Waals surface area contributed by atoms with Gasteiger partial charge >= 0.3 is 6.03 Å². The normalized spacial score (nSPS) is 29.0. The van der Waals surface area contributed by atoms with E-state index in [1.807, 2.05) is 35.2 Å². The van der Waals surface area contributed by atoms with Crippen molar-refractivity contribution in [2.45, 2.75) is 75.5 Å². The summed E-state index contributed by atoms with van der Waals surface area (Å²) in [5.41, 5.74) is 0.793. The van der Waals surface area contributed by atoms with Crippen molar-refractivity contribution in [3.63, 3.8) is 0 Å². The van der Waals surface area contributed by atoms with Crippen molar-refractivity contribution >= 4 is 11.9 Å². The van der Waals surface area contributed by atoms with Gasteiger partial charge in [0.2, 0.25) is 0 Å². The first-order valence-corrected chi connectivity index (χ1v) is 11.9. The van der Waals surface area contributed by atoms with E-state index < -0.39 is 0 Å². The van der Waals surface area contributed by atoms with Crippen molar-refractivity contribution in [2.75, 3.05) is 26.2 Å². The molecule has 6 heteroatoms. The Morgan fingerprint density at radius 2 is 1.50 bits per heavy atom. The lowest BCUT2D eigenvalue weighted by Crippen LogP contribution is -2.53. The van der Waals surface area contributed by atoms with Gasteiger partial charge in [0.15, 0.2) is 0 Å². The van der Waals surface area contributed by atoms with Crippen molar-refractivity contribution < 1.29 is 9.59 Å². The number of fused-ring (bicyclic) bond motifs is 1. The van der Waals surface area contributed by atoms with Gasteiger partial charge in [0.25, 0.3) is 5.91 Å². The zero-order valence-electron chi connectivity index (χ0n) is 17.8. The average Bonchev–Trinajstić information content (AvgIpc) is 3.15.